The summed E-state index contributed by atoms with van der Waals surface area (Å²) in [5, 5.41) is 0. The molecule has 1 fully saturated rings. The van der Waals surface area contributed by atoms with Crippen LogP contribution in [0.15, 0.2) is 48.5 Å². The van der Waals surface area contributed by atoms with Crippen molar-refractivity contribution in [2.45, 2.75) is 52.4 Å². The average Bonchev–Trinajstić information content (AvgIpc) is 2.62. The standard InChI is InChI=1S/C23H29F/c1-3-18-7-11-20(12-8-18)17(2)15-19-9-13-21(14-10-19)22-5-4-6-23(24)16-22/h4-6,9-10,13-14,16-18,20H,3,7-8,11-12,15H2,1-2H3. The van der Waals surface area contributed by atoms with Crippen LogP contribution in [0.25, 0.3) is 11.1 Å². The zero-order valence-corrected chi connectivity index (χ0v) is 15.0. The maximum atomic E-state index is 13.4. The Bertz CT molecular complexity index is 635. The first kappa shape index (κ1) is 17.2. The van der Waals surface area contributed by atoms with Crippen LogP contribution in [0.3, 0.4) is 0 Å². The van der Waals surface area contributed by atoms with E-state index in [0.717, 1.165) is 35.3 Å². The van der Waals surface area contributed by atoms with Crippen molar-refractivity contribution in [2.75, 3.05) is 0 Å². The van der Waals surface area contributed by atoms with Crippen molar-refractivity contribution >= 4 is 0 Å². The molecule has 0 amide bonds. The van der Waals surface area contributed by atoms with E-state index in [1.54, 1.807) is 12.1 Å². The molecule has 1 atom stereocenters. The van der Waals surface area contributed by atoms with Gasteiger partial charge in [0.05, 0.1) is 0 Å². The van der Waals surface area contributed by atoms with Gasteiger partial charge in [0.15, 0.2) is 0 Å². The summed E-state index contributed by atoms with van der Waals surface area (Å²) in [6, 6.07) is 15.5. The summed E-state index contributed by atoms with van der Waals surface area (Å²) in [6.07, 6.45) is 8.16. The van der Waals surface area contributed by atoms with Crippen LogP contribution in [0.1, 0.15) is 51.5 Å². The Morgan fingerprint density at radius 1 is 0.958 bits per heavy atom. The number of halogens is 1. The highest BCUT2D eigenvalue weighted by atomic mass is 19.1. The van der Waals surface area contributed by atoms with Crippen molar-refractivity contribution in [3.63, 3.8) is 0 Å². The van der Waals surface area contributed by atoms with E-state index in [-0.39, 0.29) is 5.82 Å². The average molecular weight is 324 g/mol. The highest BCUT2D eigenvalue weighted by Gasteiger charge is 2.24. The van der Waals surface area contributed by atoms with E-state index in [0.29, 0.717) is 0 Å². The SMILES string of the molecule is CCC1CCC(C(C)Cc2ccc(-c3cccc(F)c3)cc2)CC1. The zero-order chi connectivity index (χ0) is 16.9. The van der Waals surface area contributed by atoms with E-state index in [9.17, 15) is 4.39 Å². The molecule has 1 heteroatoms. The lowest BCUT2D eigenvalue weighted by atomic mass is 9.74. The molecule has 1 aliphatic carbocycles. The Balaban J connectivity index is 1.60. The van der Waals surface area contributed by atoms with Gasteiger partial charge in [-0.25, -0.2) is 4.39 Å². The van der Waals surface area contributed by atoms with Crippen LogP contribution in [0, 0.1) is 23.6 Å². The summed E-state index contributed by atoms with van der Waals surface area (Å²) in [5.41, 5.74) is 3.45. The van der Waals surface area contributed by atoms with E-state index in [2.05, 4.69) is 38.1 Å². The molecule has 0 aromatic heterocycles. The third-order valence-electron chi connectivity index (χ3n) is 5.94. The largest absolute Gasteiger partial charge is 0.207 e. The molecule has 0 radical (unpaired) electrons. The molecule has 0 spiro atoms. The minimum absolute atomic E-state index is 0.173. The normalized spacial score (nSPS) is 22.3. The lowest BCUT2D eigenvalue weighted by Gasteiger charge is -2.32. The monoisotopic (exact) mass is 324 g/mol. The van der Waals surface area contributed by atoms with E-state index < -0.39 is 0 Å². The van der Waals surface area contributed by atoms with Gasteiger partial charge in [-0.05, 0) is 65.8 Å². The summed E-state index contributed by atoms with van der Waals surface area (Å²) >= 11 is 0. The van der Waals surface area contributed by atoms with Crippen molar-refractivity contribution in [1.82, 2.24) is 0 Å². The first-order valence-corrected chi connectivity index (χ1v) is 9.50. The van der Waals surface area contributed by atoms with Crippen LogP contribution in [0.4, 0.5) is 4.39 Å². The molecule has 1 unspecified atom stereocenters. The van der Waals surface area contributed by atoms with Gasteiger partial charge in [0.25, 0.3) is 0 Å². The van der Waals surface area contributed by atoms with E-state index in [1.807, 2.05) is 6.07 Å². The molecule has 1 saturated carbocycles. The zero-order valence-electron chi connectivity index (χ0n) is 15.0. The van der Waals surface area contributed by atoms with Gasteiger partial charge >= 0.3 is 0 Å². The topological polar surface area (TPSA) is 0 Å². The minimum atomic E-state index is -0.173. The predicted molar refractivity (Wildman–Crippen MR) is 100 cm³/mol. The first-order valence-electron chi connectivity index (χ1n) is 9.50. The molecule has 0 nitrogen and oxygen atoms in total. The molecular formula is C23H29F. The van der Waals surface area contributed by atoms with Gasteiger partial charge in [-0.2, -0.15) is 0 Å². The summed E-state index contributed by atoms with van der Waals surface area (Å²) < 4.78 is 13.4. The van der Waals surface area contributed by atoms with E-state index in [1.165, 1.54) is 43.7 Å². The molecule has 3 rings (SSSR count). The summed E-state index contributed by atoms with van der Waals surface area (Å²) in [5.74, 6) is 2.44. The molecule has 0 saturated heterocycles. The first-order chi connectivity index (χ1) is 11.7. The molecule has 0 aliphatic heterocycles. The summed E-state index contributed by atoms with van der Waals surface area (Å²) in [6.45, 7) is 4.74. The van der Waals surface area contributed by atoms with Gasteiger partial charge in [-0.3, -0.25) is 0 Å². The lowest BCUT2D eigenvalue weighted by Crippen LogP contribution is -2.21. The molecule has 0 heterocycles. The van der Waals surface area contributed by atoms with Gasteiger partial charge < -0.3 is 0 Å². The van der Waals surface area contributed by atoms with Crippen LogP contribution < -0.4 is 0 Å². The second kappa shape index (κ2) is 7.96. The van der Waals surface area contributed by atoms with Crippen molar-refractivity contribution in [2.24, 2.45) is 17.8 Å². The van der Waals surface area contributed by atoms with Gasteiger partial charge in [0.2, 0.25) is 0 Å². The molecular weight excluding hydrogens is 295 g/mol. The highest BCUT2D eigenvalue weighted by molar-refractivity contribution is 5.63. The van der Waals surface area contributed by atoms with Gasteiger partial charge in [0, 0.05) is 0 Å². The molecule has 2 aromatic rings. The fourth-order valence-corrected chi connectivity index (χ4v) is 4.21. The molecule has 0 N–H and O–H groups in total. The summed E-state index contributed by atoms with van der Waals surface area (Å²) in [4.78, 5) is 0. The predicted octanol–water partition coefficient (Wildman–Crippen LogP) is 6.89. The minimum Gasteiger partial charge on any atom is -0.207 e. The molecule has 2 aromatic carbocycles. The number of hydrogen-bond acceptors (Lipinski definition) is 0. The van der Waals surface area contributed by atoms with Gasteiger partial charge in [0.1, 0.15) is 5.82 Å². The molecule has 128 valence electrons. The van der Waals surface area contributed by atoms with Crippen molar-refractivity contribution in [3.8, 4) is 11.1 Å². The van der Waals surface area contributed by atoms with Gasteiger partial charge in [-0.15, -0.1) is 0 Å². The summed E-state index contributed by atoms with van der Waals surface area (Å²) in [7, 11) is 0. The second-order valence-corrected chi connectivity index (χ2v) is 7.58. The Kier molecular flexibility index (Phi) is 5.71. The Hall–Kier alpha value is -1.63. The fraction of sp³-hybridized carbons (Fsp3) is 0.478. The van der Waals surface area contributed by atoms with E-state index in [4.69, 9.17) is 0 Å². The van der Waals surface area contributed by atoms with E-state index >= 15 is 0 Å². The smallest absolute Gasteiger partial charge is 0.123 e. The Morgan fingerprint density at radius 3 is 2.29 bits per heavy atom. The van der Waals surface area contributed by atoms with Crippen LogP contribution in [0.5, 0.6) is 0 Å². The Labute approximate surface area is 146 Å². The van der Waals surface area contributed by atoms with Crippen LogP contribution in [-0.4, -0.2) is 0 Å². The fourth-order valence-electron chi connectivity index (χ4n) is 4.21. The molecule has 24 heavy (non-hydrogen) atoms. The van der Waals surface area contributed by atoms with Crippen LogP contribution in [0.2, 0.25) is 0 Å². The van der Waals surface area contributed by atoms with Gasteiger partial charge in [-0.1, -0.05) is 69.5 Å². The molecule has 0 bridgehead atoms. The maximum absolute atomic E-state index is 13.4. The number of hydrogen-bond donors (Lipinski definition) is 0. The third kappa shape index (κ3) is 4.26. The quantitative estimate of drug-likeness (QED) is 0.562. The number of rotatable bonds is 5. The highest BCUT2D eigenvalue weighted by Crippen LogP contribution is 2.36. The van der Waals surface area contributed by atoms with Crippen molar-refractivity contribution < 1.29 is 4.39 Å². The van der Waals surface area contributed by atoms with Crippen molar-refractivity contribution in [3.05, 3.63) is 59.9 Å². The second-order valence-electron chi connectivity index (χ2n) is 7.58. The van der Waals surface area contributed by atoms with Crippen LogP contribution in [-0.2, 0) is 6.42 Å². The van der Waals surface area contributed by atoms with Crippen molar-refractivity contribution in [1.29, 1.82) is 0 Å². The van der Waals surface area contributed by atoms with Crippen LogP contribution >= 0.6 is 0 Å². The third-order valence-corrected chi connectivity index (χ3v) is 5.94. The number of benzene rings is 2. The Morgan fingerprint density at radius 2 is 1.67 bits per heavy atom. The maximum Gasteiger partial charge on any atom is 0.123 e. The molecule has 1 aliphatic rings. The lowest BCUT2D eigenvalue weighted by molar-refractivity contribution is 0.210.